The Bertz CT molecular complexity index is 545. The molecule has 1 heterocycles. The van der Waals surface area contributed by atoms with Gasteiger partial charge in [-0.3, -0.25) is 10.1 Å². The van der Waals surface area contributed by atoms with Crippen molar-refractivity contribution in [2.45, 2.75) is 6.36 Å². The van der Waals surface area contributed by atoms with Gasteiger partial charge in [-0.05, 0) is 0 Å². The van der Waals surface area contributed by atoms with Crippen LogP contribution in [0, 0.1) is 10.1 Å². The second-order valence-corrected chi connectivity index (χ2v) is 3.15. The number of alkyl halides is 3. The normalized spacial score (nSPS) is 10.8. The molecule has 0 spiro atoms. The minimum atomic E-state index is -5.21. The van der Waals surface area contributed by atoms with Gasteiger partial charge in [-0.25, -0.2) is 9.78 Å². The fraction of sp³-hybridized carbons (Fsp3) is 0.333. The number of aromatic nitrogens is 1. The van der Waals surface area contributed by atoms with Gasteiger partial charge in [0, 0.05) is 0 Å². The molecule has 0 saturated carbocycles. The van der Waals surface area contributed by atoms with Gasteiger partial charge in [-0.1, -0.05) is 0 Å². The number of halogens is 3. The maximum Gasteiger partial charge on any atom is 0.574 e. The number of nitro groups is 1. The Morgan fingerprint density at radius 2 is 2.00 bits per heavy atom. The van der Waals surface area contributed by atoms with Gasteiger partial charge in [0.15, 0.2) is 11.3 Å². The van der Waals surface area contributed by atoms with Crippen molar-refractivity contribution in [2.24, 2.45) is 0 Å². The number of hydrogen-bond donors (Lipinski definition) is 0. The van der Waals surface area contributed by atoms with Gasteiger partial charge in [0.05, 0.1) is 25.3 Å². The summed E-state index contributed by atoms with van der Waals surface area (Å²) in [5.41, 5.74) is -2.12. The molecule has 1 rings (SSSR count). The van der Waals surface area contributed by atoms with Gasteiger partial charge in [0.1, 0.15) is 0 Å². The summed E-state index contributed by atoms with van der Waals surface area (Å²) in [6.07, 6.45) is -4.53. The van der Waals surface area contributed by atoms with Gasteiger partial charge in [0.25, 0.3) is 0 Å². The molecule has 0 N–H and O–H groups in total. The molecule has 0 bridgehead atoms. The number of carbonyl (C=O) groups excluding carboxylic acids is 1. The van der Waals surface area contributed by atoms with Crippen molar-refractivity contribution in [1.29, 1.82) is 0 Å². The first-order valence-corrected chi connectivity index (χ1v) is 4.76. The molecular weight excluding hydrogens is 289 g/mol. The monoisotopic (exact) mass is 296 g/mol. The van der Waals surface area contributed by atoms with E-state index in [4.69, 9.17) is 0 Å². The van der Waals surface area contributed by atoms with Gasteiger partial charge >= 0.3 is 23.9 Å². The molecule has 0 unspecified atom stereocenters. The van der Waals surface area contributed by atoms with E-state index in [0.717, 1.165) is 14.2 Å². The minimum Gasteiger partial charge on any atom is -0.494 e. The second kappa shape index (κ2) is 5.59. The Morgan fingerprint density at radius 3 is 2.40 bits per heavy atom. The molecule has 1 aromatic rings. The van der Waals surface area contributed by atoms with Crippen LogP contribution in [0.25, 0.3) is 0 Å². The van der Waals surface area contributed by atoms with Gasteiger partial charge in [-0.2, -0.15) is 0 Å². The highest BCUT2D eigenvalue weighted by molar-refractivity contribution is 5.97. The number of methoxy groups -OCH3 is 2. The predicted octanol–water partition coefficient (Wildman–Crippen LogP) is 1.68. The summed E-state index contributed by atoms with van der Waals surface area (Å²) in [5.74, 6) is -3.07. The SMILES string of the molecule is COC(=O)c1c(OC)cnc(OC(F)(F)F)c1[N+](=O)[O-]. The quantitative estimate of drug-likeness (QED) is 0.473. The number of rotatable bonds is 4. The third-order valence-electron chi connectivity index (χ3n) is 1.99. The average Bonchev–Trinajstić information content (AvgIpc) is 2.34. The fourth-order valence-electron chi connectivity index (χ4n) is 1.27. The summed E-state index contributed by atoms with van der Waals surface area (Å²) < 4.78 is 48.8. The summed E-state index contributed by atoms with van der Waals surface area (Å²) in [4.78, 5) is 24.2. The number of hydrogen-bond acceptors (Lipinski definition) is 7. The van der Waals surface area contributed by atoms with E-state index in [-0.39, 0.29) is 0 Å². The summed E-state index contributed by atoms with van der Waals surface area (Å²) in [6.45, 7) is 0. The van der Waals surface area contributed by atoms with E-state index in [2.05, 4.69) is 19.2 Å². The number of ether oxygens (including phenoxy) is 3. The van der Waals surface area contributed by atoms with E-state index < -0.39 is 40.1 Å². The Hall–Kier alpha value is -2.59. The van der Waals surface area contributed by atoms with Crippen molar-refractivity contribution in [1.82, 2.24) is 4.98 Å². The zero-order valence-electron chi connectivity index (χ0n) is 10.1. The summed E-state index contributed by atoms with van der Waals surface area (Å²) in [5, 5.41) is 10.9. The van der Waals surface area contributed by atoms with Gasteiger partial charge < -0.3 is 14.2 Å². The Labute approximate surface area is 109 Å². The summed E-state index contributed by atoms with van der Waals surface area (Å²) in [6, 6.07) is 0. The highest BCUT2D eigenvalue weighted by Crippen LogP contribution is 2.37. The first kappa shape index (κ1) is 15.5. The van der Waals surface area contributed by atoms with Crippen LogP contribution in [0.2, 0.25) is 0 Å². The molecular formula is C9H7F3N2O6. The standard InChI is InChI=1S/C9H7F3N2O6/c1-18-4-3-13-7(20-9(10,11)12)6(14(16)17)5(4)8(15)19-2/h3H,1-2H3. The molecule has 0 aliphatic rings. The Balaban J connectivity index is 3.56. The lowest BCUT2D eigenvalue weighted by atomic mass is 10.2. The van der Waals surface area contributed by atoms with Gasteiger partial charge in [-0.15, -0.1) is 13.2 Å². The zero-order chi connectivity index (χ0) is 15.5. The largest absolute Gasteiger partial charge is 0.574 e. The maximum atomic E-state index is 12.1. The molecule has 110 valence electrons. The average molecular weight is 296 g/mol. The highest BCUT2D eigenvalue weighted by Gasteiger charge is 2.39. The van der Waals surface area contributed by atoms with E-state index in [1.165, 1.54) is 0 Å². The third kappa shape index (κ3) is 3.24. The molecule has 0 amide bonds. The van der Waals surface area contributed by atoms with Crippen LogP contribution in [0.1, 0.15) is 10.4 Å². The lowest BCUT2D eigenvalue weighted by Crippen LogP contribution is -2.20. The molecule has 0 aliphatic carbocycles. The number of pyridine rings is 1. The van der Waals surface area contributed by atoms with Crippen LogP contribution in [-0.4, -0.2) is 36.5 Å². The van der Waals surface area contributed by atoms with Crippen LogP contribution < -0.4 is 9.47 Å². The highest BCUT2D eigenvalue weighted by atomic mass is 19.4. The van der Waals surface area contributed by atoms with Crippen molar-refractivity contribution in [3.63, 3.8) is 0 Å². The number of carbonyl (C=O) groups is 1. The van der Waals surface area contributed by atoms with Crippen molar-refractivity contribution >= 4 is 11.7 Å². The first-order valence-electron chi connectivity index (χ1n) is 4.76. The maximum absolute atomic E-state index is 12.1. The van der Waals surface area contributed by atoms with Crippen LogP contribution in [0.3, 0.4) is 0 Å². The molecule has 20 heavy (non-hydrogen) atoms. The van der Waals surface area contributed by atoms with E-state index in [1.807, 2.05) is 0 Å². The molecule has 0 aliphatic heterocycles. The number of nitrogens with zero attached hydrogens (tertiary/aromatic N) is 2. The van der Waals surface area contributed by atoms with E-state index >= 15 is 0 Å². The van der Waals surface area contributed by atoms with Crippen LogP contribution in [0.5, 0.6) is 11.6 Å². The molecule has 1 aromatic heterocycles. The molecule has 0 aromatic carbocycles. The molecule has 0 radical (unpaired) electrons. The lowest BCUT2D eigenvalue weighted by Gasteiger charge is -2.11. The lowest BCUT2D eigenvalue weighted by molar-refractivity contribution is -0.389. The van der Waals surface area contributed by atoms with Crippen molar-refractivity contribution in [3.05, 3.63) is 21.9 Å². The van der Waals surface area contributed by atoms with Crippen LogP contribution in [0.4, 0.5) is 18.9 Å². The summed E-state index contributed by atoms with van der Waals surface area (Å²) >= 11 is 0. The van der Waals surface area contributed by atoms with Crippen LogP contribution >= 0.6 is 0 Å². The zero-order valence-corrected chi connectivity index (χ0v) is 10.1. The Kier molecular flexibility index (Phi) is 4.32. The van der Waals surface area contributed by atoms with Gasteiger partial charge in [0.2, 0.25) is 0 Å². The van der Waals surface area contributed by atoms with E-state index in [1.54, 1.807) is 0 Å². The van der Waals surface area contributed by atoms with Crippen molar-refractivity contribution in [2.75, 3.05) is 14.2 Å². The van der Waals surface area contributed by atoms with Crippen molar-refractivity contribution in [3.8, 4) is 11.6 Å². The second-order valence-electron chi connectivity index (χ2n) is 3.15. The molecule has 11 heteroatoms. The molecule has 0 fully saturated rings. The van der Waals surface area contributed by atoms with Crippen LogP contribution in [0.15, 0.2) is 6.20 Å². The van der Waals surface area contributed by atoms with Crippen molar-refractivity contribution < 1.29 is 37.1 Å². The molecule has 8 nitrogen and oxygen atoms in total. The van der Waals surface area contributed by atoms with Crippen LogP contribution in [-0.2, 0) is 4.74 Å². The molecule has 0 saturated heterocycles. The van der Waals surface area contributed by atoms with E-state index in [0.29, 0.717) is 6.20 Å². The Morgan fingerprint density at radius 1 is 1.40 bits per heavy atom. The molecule has 0 atom stereocenters. The first-order chi connectivity index (χ1) is 9.21. The topological polar surface area (TPSA) is 101 Å². The van der Waals surface area contributed by atoms with E-state index in [9.17, 15) is 28.1 Å². The smallest absolute Gasteiger partial charge is 0.494 e. The summed E-state index contributed by atoms with van der Waals surface area (Å²) in [7, 11) is 1.95. The predicted molar refractivity (Wildman–Crippen MR) is 55.5 cm³/mol. The fourth-order valence-corrected chi connectivity index (χ4v) is 1.27. The minimum absolute atomic E-state index is 0.418. The number of esters is 1. The third-order valence-corrected chi connectivity index (χ3v) is 1.99.